The molecule has 1 unspecified atom stereocenters. The number of unbranched alkanes of at least 4 members (excludes halogenated alkanes) is 7. The quantitative estimate of drug-likeness (QED) is 0.181. The molecule has 2 rings (SSSR count). The van der Waals surface area contributed by atoms with Crippen LogP contribution in [0, 0.1) is 0 Å². The Hall–Kier alpha value is -3.37. The lowest BCUT2D eigenvalue weighted by Crippen LogP contribution is -2.30. The fraction of sp³-hybridized carbons (Fsp3) is 0.571. The predicted molar refractivity (Wildman–Crippen MR) is 138 cm³/mol. The van der Waals surface area contributed by atoms with Gasteiger partial charge in [0.2, 0.25) is 0 Å². The topological polar surface area (TPSA) is 92.3 Å². The van der Waals surface area contributed by atoms with Crippen molar-refractivity contribution in [2.24, 2.45) is 0 Å². The van der Waals surface area contributed by atoms with Crippen LogP contribution in [-0.4, -0.2) is 31.9 Å². The van der Waals surface area contributed by atoms with Crippen molar-refractivity contribution in [2.45, 2.75) is 91.3 Å². The maximum atomic E-state index is 13.2. The molecule has 0 bridgehead atoms. The normalized spacial score (nSPS) is 15.5. The number of allylic oxidation sites excluding steroid dienone is 2. The van der Waals surface area contributed by atoms with Gasteiger partial charge in [0.05, 0.1) is 24.6 Å². The molecule has 0 spiro atoms. The second kappa shape index (κ2) is 15.9. The summed E-state index contributed by atoms with van der Waals surface area (Å²) in [6.07, 6.45) is 1.45. The van der Waals surface area contributed by atoms with Crippen LogP contribution in [0.15, 0.2) is 47.2 Å². The first-order valence-corrected chi connectivity index (χ1v) is 13.3. The zero-order valence-corrected chi connectivity index (χ0v) is 22.9. The maximum absolute atomic E-state index is 13.2. The summed E-state index contributed by atoms with van der Waals surface area (Å²) in [6.45, 7) is 7.03. The highest BCUT2D eigenvalue weighted by atomic mass is 19.4. The van der Waals surface area contributed by atoms with Gasteiger partial charge in [-0.3, -0.25) is 0 Å². The van der Waals surface area contributed by atoms with E-state index >= 15 is 0 Å². The molecule has 1 N–H and O–H groups in total. The zero-order chi connectivity index (χ0) is 28.8. The highest BCUT2D eigenvalue weighted by Crippen LogP contribution is 2.44. The van der Waals surface area contributed by atoms with Crippen LogP contribution in [0.1, 0.15) is 90.5 Å². The number of alkyl halides is 3. The monoisotopic (exact) mass is 557 g/mol. The summed E-state index contributed by atoms with van der Waals surface area (Å²) in [5.74, 6) is -2.00. The summed E-state index contributed by atoms with van der Waals surface area (Å²) in [7, 11) is 0. The van der Waals surface area contributed by atoms with Gasteiger partial charge in [-0.15, -0.1) is 13.2 Å². The van der Waals surface area contributed by atoms with Crippen molar-refractivity contribution in [3.8, 4) is 5.75 Å². The molecule has 0 aliphatic carbocycles. The first kappa shape index (κ1) is 31.8. The van der Waals surface area contributed by atoms with E-state index in [-0.39, 0.29) is 30.3 Å². The van der Waals surface area contributed by atoms with E-state index < -0.39 is 30.3 Å². The van der Waals surface area contributed by atoms with Crippen molar-refractivity contribution in [1.82, 2.24) is 5.32 Å². The van der Waals surface area contributed by atoms with Gasteiger partial charge in [0.25, 0.3) is 0 Å². The highest BCUT2D eigenvalue weighted by molar-refractivity contribution is 5.65. The van der Waals surface area contributed by atoms with Gasteiger partial charge in [-0.1, -0.05) is 70.1 Å². The van der Waals surface area contributed by atoms with E-state index in [0.717, 1.165) is 25.3 Å². The molecule has 0 saturated heterocycles. The Labute approximate surface area is 227 Å². The van der Waals surface area contributed by atoms with E-state index in [4.69, 9.17) is 18.9 Å². The second-order valence-corrected chi connectivity index (χ2v) is 9.08. The summed E-state index contributed by atoms with van der Waals surface area (Å²) < 4.78 is 64.8. The Morgan fingerprint density at radius 1 is 0.821 bits per heavy atom. The van der Waals surface area contributed by atoms with Crippen LogP contribution in [0.25, 0.3) is 0 Å². The van der Waals surface area contributed by atoms with E-state index in [1.54, 1.807) is 20.8 Å². The molecule has 218 valence electrons. The minimum absolute atomic E-state index is 0.0142. The average Bonchev–Trinajstić information content (AvgIpc) is 2.86. The molecule has 1 aromatic rings. The minimum Gasteiger partial charge on any atom is -0.434 e. The van der Waals surface area contributed by atoms with Crippen LogP contribution < -0.4 is 10.1 Å². The average molecular weight is 558 g/mol. The van der Waals surface area contributed by atoms with Gasteiger partial charge < -0.3 is 29.0 Å². The first-order chi connectivity index (χ1) is 18.6. The number of hydrogen-bond acceptors (Lipinski definition) is 8. The summed E-state index contributed by atoms with van der Waals surface area (Å²) in [4.78, 5) is 24.8. The van der Waals surface area contributed by atoms with E-state index in [2.05, 4.69) is 17.0 Å². The molecule has 0 aromatic heterocycles. The lowest BCUT2D eigenvalue weighted by Gasteiger charge is -2.31. The Morgan fingerprint density at radius 3 is 1.92 bits per heavy atom. The highest BCUT2D eigenvalue weighted by Gasteiger charge is 2.39. The number of carbonyl (C=O) groups is 2. The third-order valence-corrected chi connectivity index (χ3v) is 5.96. The number of hydrogen-bond donors (Lipinski definition) is 1. The molecule has 39 heavy (non-hydrogen) atoms. The van der Waals surface area contributed by atoms with Gasteiger partial charge in [0, 0.05) is 5.56 Å². The van der Waals surface area contributed by atoms with Crippen molar-refractivity contribution in [3.63, 3.8) is 0 Å². The lowest BCUT2D eigenvalue weighted by atomic mass is 9.90. The second-order valence-electron chi connectivity index (χ2n) is 9.08. The number of carbonyl (C=O) groups excluding carboxylic acids is 2. The van der Waals surface area contributed by atoms with E-state index in [1.165, 1.54) is 43.9 Å². The number of nitrogens with one attached hydrogen (secondary N) is 1. The number of ether oxygens (including phenoxy) is 5. The summed E-state index contributed by atoms with van der Waals surface area (Å²) >= 11 is 0. The van der Waals surface area contributed by atoms with Crippen molar-refractivity contribution in [3.05, 3.63) is 52.7 Å². The van der Waals surface area contributed by atoms with Crippen molar-refractivity contribution in [2.75, 3.05) is 13.2 Å². The van der Waals surface area contributed by atoms with E-state index in [1.807, 2.05) is 0 Å². The number of benzene rings is 1. The summed E-state index contributed by atoms with van der Waals surface area (Å²) in [6, 6.07) is 5.34. The van der Waals surface area contributed by atoms with Crippen molar-refractivity contribution in [1.29, 1.82) is 0 Å². The van der Waals surface area contributed by atoms with Crippen LogP contribution in [0.2, 0.25) is 0 Å². The molecule has 1 heterocycles. The fourth-order valence-corrected chi connectivity index (χ4v) is 4.19. The molecule has 11 heteroatoms. The SMILES string of the molecule is CCCCCCCCCCOC(=O)OC1=C(C)NC(C)=C(OC(=O)OCC)C1c1ccccc1OC(F)(F)F. The van der Waals surface area contributed by atoms with Gasteiger partial charge in [-0.05, 0) is 33.3 Å². The Morgan fingerprint density at radius 2 is 1.36 bits per heavy atom. The summed E-state index contributed by atoms with van der Waals surface area (Å²) in [5.41, 5.74) is 0.590. The van der Waals surface area contributed by atoms with Gasteiger partial charge in [0.15, 0.2) is 0 Å². The lowest BCUT2D eigenvalue weighted by molar-refractivity contribution is -0.275. The predicted octanol–water partition coefficient (Wildman–Crippen LogP) is 8.20. The molecular weight excluding hydrogens is 519 g/mol. The van der Waals surface area contributed by atoms with Crippen LogP contribution in [0.3, 0.4) is 0 Å². The minimum atomic E-state index is -4.99. The number of rotatable bonds is 14. The van der Waals surface area contributed by atoms with E-state index in [9.17, 15) is 22.8 Å². The van der Waals surface area contributed by atoms with Crippen LogP contribution in [0.4, 0.5) is 22.8 Å². The van der Waals surface area contributed by atoms with Crippen molar-refractivity contribution >= 4 is 12.3 Å². The molecule has 0 saturated carbocycles. The molecule has 1 aliphatic rings. The van der Waals surface area contributed by atoms with Crippen LogP contribution in [-0.2, 0) is 18.9 Å². The van der Waals surface area contributed by atoms with Gasteiger partial charge in [-0.2, -0.15) is 0 Å². The van der Waals surface area contributed by atoms with Gasteiger partial charge in [0.1, 0.15) is 23.2 Å². The Balaban J connectivity index is 2.21. The number of dihydropyridines is 1. The van der Waals surface area contributed by atoms with Gasteiger partial charge in [-0.25, -0.2) is 9.59 Å². The third kappa shape index (κ3) is 10.7. The largest absolute Gasteiger partial charge is 0.573 e. The maximum Gasteiger partial charge on any atom is 0.573 e. The number of halogens is 3. The molecular formula is C28H38F3NO7. The standard InChI is InChI=1S/C28H38F3NO7/c1-5-7-8-9-10-11-12-15-18-36-27(34)38-25-20(4)32-19(3)24(37-26(33)35-6-2)23(25)21-16-13-14-17-22(21)39-28(29,30)31/h13-14,16-17,23,32H,5-12,15,18H2,1-4H3. The first-order valence-electron chi connectivity index (χ1n) is 13.3. The molecule has 0 fully saturated rings. The number of para-hydroxylation sites is 1. The molecule has 1 aliphatic heterocycles. The fourth-order valence-electron chi connectivity index (χ4n) is 4.19. The summed E-state index contributed by atoms with van der Waals surface area (Å²) in [5, 5.41) is 2.94. The van der Waals surface area contributed by atoms with E-state index in [0.29, 0.717) is 17.8 Å². The third-order valence-electron chi connectivity index (χ3n) is 5.96. The Kier molecular flexibility index (Phi) is 13.0. The van der Waals surface area contributed by atoms with Gasteiger partial charge >= 0.3 is 18.7 Å². The van der Waals surface area contributed by atoms with Crippen LogP contribution >= 0.6 is 0 Å². The molecule has 1 atom stereocenters. The zero-order valence-electron chi connectivity index (χ0n) is 22.9. The van der Waals surface area contributed by atoms with Crippen LogP contribution in [0.5, 0.6) is 5.75 Å². The van der Waals surface area contributed by atoms with Crippen molar-refractivity contribution < 1.29 is 46.4 Å². The molecule has 0 amide bonds. The smallest absolute Gasteiger partial charge is 0.434 e. The molecule has 8 nitrogen and oxygen atoms in total. The Bertz CT molecular complexity index is 1020. The molecule has 1 aromatic carbocycles. The molecule has 0 radical (unpaired) electrons.